The predicted molar refractivity (Wildman–Crippen MR) is 79.6 cm³/mol. The lowest BCUT2D eigenvalue weighted by atomic mass is 10.1. The van der Waals surface area contributed by atoms with Crippen LogP contribution in [0.4, 0.5) is 0 Å². The average Bonchev–Trinajstić information content (AvgIpc) is 2.38. The summed E-state index contributed by atoms with van der Waals surface area (Å²) in [5.74, 6) is -0.949. The van der Waals surface area contributed by atoms with E-state index in [0.717, 1.165) is 11.3 Å². The molecule has 19 heavy (non-hydrogen) atoms. The molecular weight excluding hydrogens is 254 g/mol. The Morgan fingerprint density at radius 2 is 1.89 bits per heavy atom. The minimum Gasteiger partial charge on any atom is -0.478 e. The van der Waals surface area contributed by atoms with Crippen LogP contribution in [0.15, 0.2) is 42.6 Å². The van der Waals surface area contributed by atoms with Gasteiger partial charge in [-0.1, -0.05) is 49.1 Å². The molecule has 0 amide bonds. The molecule has 1 heterocycles. The van der Waals surface area contributed by atoms with Gasteiger partial charge in [-0.25, -0.2) is 4.79 Å². The summed E-state index contributed by atoms with van der Waals surface area (Å²) in [6, 6.07) is 11.7. The van der Waals surface area contributed by atoms with Crippen LogP contribution in [0.1, 0.15) is 10.4 Å². The molecular formula is C15H17NO2Si. The Labute approximate surface area is 114 Å². The van der Waals surface area contributed by atoms with Gasteiger partial charge in [0.25, 0.3) is 0 Å². The van der Waals surface area contributed by atoms with Gasteiger partial charge in [-0.2, -0.15) is 0 Å². The largest absolute Gasteiger partial charge is 0.478 e. The monoisotopic (exact) mass is 271 g/mol. The van der Waals surface area contributed by atoms with Gasteiger partial charge < -0.3 is 5.11 Å². The van der Waals surface area contributed by atoms with Crippen molar-refractivity contribution in [3.8, 4) is 11.3 Å². The molecule has 0 unspecified atom stereocenters. The number of hydrogen-bond donors (Lipinski definition) is 1. The van der Waals surface area contributed by atoms with Crippen LogP contribution in [-0.4, -0.2) is 24.1 Å². The summed E-state index contributed by atoms with van der Waals surface area (Å²) in [7, 11) is -1.35. The van der Waals surface area contributed by atoms with E-state index in [2.05, 4.69) is 36.8 Å². The summed E-state index contributed by atoms with van der Waals surface area (Å²) < 4.78 is 0. The Morgan fingerprint density at radius 1 is 1.16 bits per heavy atom. The number of hydrogen-bond acceptors (Lipinski definition) is 2. The number of carbonyl (C=O) groups is 1. The van der Waals surface area contributed by atoms with Gasteiger partial charge in [0.05, 0.1) is 19.3 Å². The van der Waals surface area contributed by atoms with E-state index in [4.69, 9.17) is 5.11 Å². The molecule has 4 heteroatoms. The van der Waals surface area contributed by atoms with Crippen molar-refractivity contribution >= 4 is 19.2 Å². The number of rotatable bonds is 3. The van der Waals surface area contributed by atoms with Crippen molar-refractivity contribution in [3.05, 3.63) is 48.2 Å². The normalized spacial score (nSPS) is 11.3. The fraction of sp³-hybridized carbons (Fsp3) is 0.200. The third-order valence-electron chi connectivity index (χ3n) is 3.03. The second kappa shape index (κ2) is 4.97. The van der Waals surface area contributed by atoms with Crippen molar-refractivity contribution in [2.75, 3.05) is 0 Å². The standard InChI is InChI=1S/C15H17NO2Si/c1-19(2,3)13-6-4-5-11(9-13)14-8-7-12(10-16-14)15(17)18/h4-10H,1-3H3,(H,17,18). The first-order valence-electron chi connectivity index (χ1n) is 6.18. The number of benzene rings is 1. The van der Waals surface area contributed by atoms with Gasteiger partial charge in [-0.3, -0.25) is 4.98 Å². The SMILES string of the molecule is C[Si](C)(C)c1cccc(-c2ccc(C(=O)O)cn2)c1. The van der Waals surface area contributed by atoms with Crippen molar-refractivity contribution in [1.82, 2.24) is 4.98 Å². The third-order valence-corrected chi connectivity index (χ3v) is 5.08. The van der Waals surface area contributed by atoms with Crippen LogP contribution in [0.25, 0.3) is 11.3 Å². The molecule has 0 saturated carbocycles. The maximum Gasteiger partial charge on any atom is 0.337 e. The zero-order valence-corrected chi connectivity index (χ0v) is 12.3. The Morgan fingerprint density at radius 3 is 2.42 bits per heavy atom. The Bertz CT molecular complexity index is 600. The third kappa shape index (κ3) is 3.09. The molecule has 0 fully saturated rings. The second-order valence-electron chi connectivity index (χ2n) is 5.57. The Kier molecular flexibility index (Phi) is 3.53. The van der Waals surface area contributed by atoms with E-state index in [1.54, 1.807) is 12.1 Å². The molecule has 1 N–H and O–H groups in total. The lowest BCUT2D eigenvalue weighted by Crippen LogP contribution is -2.37. The molecule has 0 saturated heterocycles. The zero-order valence-electron chi connectivity index (χ0n) is 11.3. The first kappa shape index (κ1) is 13.5. The fourth-order valence-electron chi connectivity index (χ4n) is 1.84. The zero-order chi connectivity index (χ0) is 14.0. The molecule has 2 aromatic rings. The molecule has 0 aliphatic heterocycles. The second-order valence-corrected chi connectivity index (χ2v) is 10.6. The highest BCUT2D eigenvalue weighted by atomic mass is 28.3. The van der Waals surface area contributed by atoms with E-state index < -0.39 is 14.0 Å². The number of nitrogens with zero attached hydrogens (tertiary/aromatic N) is 1. The van der Waals surface area contributed by atoms with Crippen LogP contribution in [-0.2, 0) is 0 Å². The Hall–Kier alpha value is -1.94. The summed E-state index contributed by atoms with van der Waals surface area (Å²) in [4.78, 5) is 15.0. The van der Waals surface area contributed by atoms with E-state index in [-0.39, 0.29) is 5.56 Å². The maximum atomic E-state index is 10.8. The minimum absolute atomic E-state index is 0.213. The maximum absolute atomic E-state index is 10.8. The van der Waals surface area contributed by atoms with Crippen LogP contribution >= 0.6 is 0 Å². The van der Waals surface area contributed by atoms with Gasteiger partial charge in [-0.15, -0.1) is 0 Å². The van der Waals surface area contributed by atoms with E-state index in [1.807, 2.05) is 12.1 Å². The van der Waals surface area contributed by atoms with Crippen molar-refractivity contribution in [2.45, 2.75) is 19.6 Å². The topological polar surface area (TPSA) is 50.2 Å². The van der Waals surface area contributed by atoms with E-state index in [1.165, 1.54) is 11.4 Å². The van der Waals surface area contributed by atoms with Gasteiger partial charge in [0.1, 0.15) is 0 Å². The summed E-state index contributed by atoms with van der Waals surface area (Å²) in [6.45, 7) is 6.90. The quantitative estimate of drug-likeness (QED) is 0.873. The minimum atomic E-state index is -1.35. The summed E-state index contributed by atoms with van der Waals surface area (Å²) in [5.41, 5.74) is 2.06. The molecule has 0 atom stereocenters. The smallest absolute Gasteiger partial charge is 0.337 e. The highest BCUT2D eigenvalue weighted by Gasteiger charge is 2.16. The first-order valence-corrected chi connectivity index (χ1v) is 9.68. The van der Waals surface area contributed by atoms with Crippen molar-refractivity contribution < 1.29 is 9.90 Å². The molecule has 0 aliphatic carbocycles. The molecule has 0 spiro atoms. The highest BCUT2D eigenvalue weighted by Crippen LogP contribution is 2.17. The van der Waals surface area contributed by atoms with Crippen LogP contribution in [0.3, 0.4) is 0 Å². The van der Waals surface area contributed by atoms with Gasteiger partial charge >= 0.3 is 5.97 Å². The Balaban J connectivity index is 2.39. The van der Waals surface area contributed by atoms with Crippen molar-refractivity contribution in [1.29, 1.82) is 0 Å². The molecule has 0 bridgehead atoms. The van der Waals surface area contributed by atoms with E-state index in [0.29, 0.717) is 0 Å². The average molecular weight is 271 g/mol. The molecule has 1 aromatic carbocycles. The summed E-state index contributed by atoms with van der Waals surface area (Å²) in [6.07, 6.45) is 1.40. The molecule has 0 radical (unpaired) electrons. The number of aromatic carboxylic acids is 1. The molecule has 2 rings (SSSR count). The fourth-order valence-corrected chi connectivity index (χ4v) is 3.02. The van der Waals surface area contributed by atoms with Gasteiger partial charge in [-0.05, 0) is 17.7 Å². The summed E-state index contributed by atoms with van der Waals surface area (Å²) in [5, 5.41) is 10.2. The van der Waals surface area contributed by atoms with Crippen LogP contribution < -0.4 is 5.19 Å². The first-order chi connectivity index (χ1) is 8.88. The number of carboxylic acids is 1. The van der Waals surface area contributed by atoms with Crippen LogP contribution in [0.5, 0.6) is 0 Å². The van der Waals surface area contributed by atoms with Gasteiger partial charge in [0.2, 0.25) is 0 Å². The molecule has 1 aromatic heterocycles. The van der Waals surface area contributed by atoms with Crippen molar-refractivity contribution in [2.24, 2.45) is 0 Å². The van der Waals surface area contributed by atoms with E-state index >= 15 is 0 Å². The molecule has 98 valence electrons. The lowest BCUT2D eigenvalue weighted by Gasteiger charge is -2.17. The molecule has 3 nitrogen and oxygen atoms in total. The van der Waals surface area contributed by atoms with Crippen LogP contribution in [0.2, 0.25) is 19.6 Å². The van der Waals surface area contributed by atoms with Gasteiger partial charge in [0.15, 0.2) is 0 Å². The number of pyridine rings is 1. The summed E-state index contributed by atoms with van der Waals surface area (Å²) >= 11 is 0. The van der Waals surface area contributed by atoms with E-state index in [9.17, 15) is 4.79 Å². The van der Waals surface area contributed by atoms with Crippen LogP contribution in [0, 0.1) is 0 Å². The highest BCUT2D eigenvalue weighted by molar-refractivity contribution is 6.88. The van der Waals surface area contributed by atoms with Gasteiger partial charge in [0, 0.05) is 6.20 Å². The predicted octanol–water partition coefficient (Wildman–Crippen LogP) is 2.99. The molecule has 0 aliphatic rings. The number of carboxylic acid groups (broad SMARTS) is 1. The van der Waals surface area contributed by atoms with Crippen molar-refractivity contribution in [3.63, 3.8) is 0 Å². The lowest BCUT2D eigenvalue weighted by molar-refractivity contribution is 0.0696. The number of aromatic nitrogens is 1.